The Labute approximate surface area is 132 Å². The highest BCUT2D eigenvalue weighted by Gasteiger charge is 2.48. The maximum atomic E-state index is 11.9. The molecule has 0 saturated heterocycles. The van der Waals surface area contributed by atoms with Gasteiger partial charge in [0.25, 0.3) is 0 Å². The molecule has 0 radical (unpaired) electrons. The zero-order chi connectivity index (χ0) is 16.6. The van der Waals surface area contributed by atoms with E-state index >= 15 is 0 Å². The highest BCUT2D eigenvalue weighted by molar-refractivity contribution is 7.87. The van der Waals surface area contributed by atoms with Gasteiger partial charge in [-0.25, -0.2) is 4.89 Å². The molecular formula is C13H16ClF3O4S. The Morgan fingerprint density at radius 3 is 2.18 bits per heavy atom. The molecule has 0 saturated carbocycles. The van der Waals surface area contributed by atoms with Crippen LogP contribution in [0.3, 0.4) is 0 Å². The summed E-state index contributed by atoms with van der Waals surface area (Å²) in [4.78, 5) is 4.08. The molecule has 126 valence electrons. The molecule has 0 atom stereocenters. The van der Waals surface area contributed by atoms with E-state index in [9.17, 15) is 21.6 Å². The maximum Gasteiger partial charge on any atom is 0.525 e. The quantitative estimate of drug-likeness (QED) is 0.286. The average Bonchev–Trinajstić information content (AvgIpc) is 2.42. The second kappa shape index (κ2) is 8.71. The third-order valence-electron chi connectivity index (χ3n) is 2.78. The van der Waals surface area contributed by atoms with Crippen molar-refractivity contribution >= 4 is 21.7 Å². The number of benzene rings is 1. The Hall–Kier alpha value is -0.830. The molecule has 1 aromatic carbocycles. The van der Waals surface area contributed by atoms with Gasteiger partial charge in [0, 0.05) is 5.02 Å². The lowest BCUT2D eigenvalue weighted by Gasteiger charge is -2.07. The van der Waals surface area contributed by atoms with Gasteiger partial charge in [0.05, 0.1) is 6.61 Å². The first kappa shape index (κ1) is 19.2. The van der Waals surface area contributed by atoms with E-state index in [-0.39, 0.29) is 6.61 Å². The summed E-state index contributed by atoms with van der Waals surface area (Å²) in [5.74, 6) is 0. The van der Waals surface area contributed by atoms with E-state index in [1.54, 1.807) is 0 Å². The first-order valence-electron chi connectivity index (χ1n) is 6.59. The number of rotatable bonds is 9. The minimum atomic E-state index is -5.67. The van der Waals surface area contributed by atoms with Crippen LogP contribution in [-0.2, 0) is 25.8 Å². The molecule has 0 amide bonds. The summed E-state index contributed by atoms with van der Waals surface area (Å²) in [6.07, 6.45) is 3.73. The summed E-state index contributed by atoms with van der Waals surface area (Å²) in [7, 11) is -5.67. The summed E-state index contributed by atoms with van der Waals surface area (Å²) >= 11 is 5.77. The van der Waals surface area contributed by atoms with Gasteiger partial charge in [0.15, 0.2) is 0 Å². The third-order valence-corrected chi connectivity index (χ3v) is 3.87. The van der Waals surface area contributed by atoms with Crippen LogP contribution in [0.1, 0.15) is 31.2 Å². The molecule has 0 aliphatic rings. The van der Waals surface area contributed by atoms with Crippen LogP contribution in [0.15, 0.2) is 24.3 Å². The molecule has 1 rings (SSSR count). The van der Waals surface area contributed by atoms with Crippen LogP contribution >= 0.6 is 11.6 Å². The van der Waals surface area contributed by atoms with E-state index in [4.69, 9.17) is 11.6 Å². The van der Waals surface area contributed by atoms with Gasteiger partial charge in [-0.15, -0.1) is 0 Å². The van der Waals surface area contributed by atoms with Crippen LogP contribution in [0.4, 0.5) is 13.2 Å². The van der Waals surface area contributed by atoms with Crippen molar-refractivity contribution in [3.8, 4) is 0 Å². The molecule has 0 aliphatic heterocycles. The summed E-state index contributed by atoms with van der Waals surface area (Å²) in [5, 5.41) is 0.676. The van der Waals surface area contributed by atoms with Crippen molar-refractivity contribution < 1.29 is 30.8 Å². The van der Waals surface area contributed by atoms with Crippen molar-refractivity contribution in [2.75, 3.05) is 6.61 Å². The van der Waals surface area contributed by atoms with Gasteiger partial charge in [-0.2, -0.15) is 21.6 Å². The normalized spacial score (nSPS) is 12.5. The summed E-state index contributed by atoms with van der Waals surface area (Å²) in [6, 6.07) is 7.48. The number of halogens is 4. The van der Waals surface area contributed by atoms with E-state index in [0.717, 1.165) is 24.8 Å². The molecule has 4 nitrogen and oxygen atoms in total. The highest BCUT2D eigenvalue weighted by atomic mass is 35.5. The van der Waals surface area contributed by atoms with E-state index in [1.807, 2.05) is 24.3 Å². The topological polar surface area (TPSA) is 52.6 Å². The number of hydrogen-bond acceptors (Lipinski definition) is 4. The number of aryl methyl sites for hydroxylation is 1. The van der Waals surface area contributed by atoms with Crippen LogP contribution in [0.2, 0.25) is 5.02 Å². The van der Waals surface area contributed by atoms with Crippen molar-refractivity contribution in [1.29, 1.82) is 0 Å². The Bertz CT molecular complexity index is 543. The molecule has 0 N–H and O–H groups in total. The fraction of sp³-hybridized carbons (Fsp3) is 0.538. The molecule has 22 heavy (non-hydrogen) atoms. The second-order valence-corrected chi connectivity index (χ2v) is 6.52. The Morgan fingerprint density at radius 1 is 1.00 bits per heavy atom. The molecule has 0 aromatic heterocycles. The molecule has 0 unspecified atom stereocenters. The first-order chi connectivity index (χ1) is 10.2. The number of hydrogen-bond donors (Lipinski definition) is 0. The van der Waals surface area contributed by atoms with Crippen LogP contribution in [0, 0.1) is 0 Å². The molecule has 0 fully saturated rings. The monoisotopic (exact) mass is 360 g/mol. The van der Waals surface area contributed by atoms with E-state index in [1.165, 1.54) is 0 Å². The minimum absolute atomic E-state index is 0.212. The lowest BCUT2D eigenvalue weighted by molar-refractivity contribution is -0.215. The van der Waals surface area contributed by atoms with Gasteiger partial charge in [-0.1, -0.05) is 40.9 Å². The Kier molecular flexibility index (Phi) is 7.61. The molecule has 0 heterocycles. The zero-order valence-corrected chi connectivity index (χ0v) is 13.2. The van der Waals surface area contributed by atoms with Gasteiger partial charge in [-0.3, -0.25) is 0 Å². The first-order valence-corrected chi connectivity index (χ1v) is 8.38. The standard InChI is InChI=1S/C13H16ClF3O4S/c14-12-8-6-11(7-9-12)5-3-1-2-4-10-20-21-22(18,19)13(15,16)17/h6-9H,1-5,10H2. The van der Waals surface area contributed by atoms with E-state index in [0.29, 0.717) is 17.9 Å². The summed E-state index contributed by atoms with van der Waals surface area (Å²) in [6.45, 7) is -0.212. The maximum absolute atomic E-state index is 11.9. The third kappa shape index (κ3) is 6.95. The molecule has 1 aromatic rings. The lowest BCUT2D eigenvalue weighted by Crippen LogP contribution is -2.25. The summed E-state index contributed by atoms with van der Waals surface area (Å²) in [5.41, 5.74) is -4.31. The van der Waals surface area contributed by atoms with Crippen molar-refractivity contribution in [2.24, 2.45) is 0 Å². The van der Waals surface area contributed by atoms with Gasteiger partial charge >= 0.3 is 15.6 Å². The number of alkyl halides is 3. The SMILES string of the molecule is O=S(=O)(OOCCCCCCc1ccc(Cl)cc1)C(F)(F)F. The molecule has 0 aliphatic carbocycles. The van der Waals surface area contributed by atoms with Gasteiger partial charge < -0.3 is 0 Å². The van der Waals surface area contributed by atoms with E-state index < -0.39 is 15.6 Å². The predicted molar refractivity (Wildman–Crippen MR) is 75.6 cm³/mol. The smallest absolute Gasteiger partial charge is 0.220 e. The number of unbranched alkanes of at least 4 members (excludes halogenated alkanes) is 3. The predicted octanol–water partition coefficient (Wildman–Crippen LogP) is 4.24. The largest absolute Gasteiger partial charge is 0.525 e. The van der Waals surface area contributed by atoms with Crippen LogP contribution in [0.5, 0.6) is 0 Å². The van der Waals surface area contributed by atoms with Crippen molar-refractivity contribution in [3.05, 3.63) is 34.9 Å². The van der Waals surface area contributed by atoms with Gasteiger partial charge in [0.2, 0.25) is 0 Å². The average molecular weight is 361 g/mol. The lowest BCUT2D eigenvalue weighted by atomic mass is 10.1. The van der Waals surface area contributed by atoms with Crippen LogP contribution in [0.25, 0.3) is 0 Å². The fourth-order valence-corrected chi connectivity index (χ4v) is 2.03. The van der Waals surface area contributed by atoms with Crippen molar-refractivity contribution in [3.63, 3.8) is 0 Å². The van der Waals surface area contributed by atoms with Crippen LogP contribution in [-0.4, -0.2) is 20.5 Å². The molecule has 0 bridgehead atoms. The van der Waals surface area contributed by atoms with Crippen LogP contribution < -0.4 is 0 Å². The zero-order valence-electron chi connectivity index (χ0n) is 11.6. The minimum Gasteiger partial charge on any atom is -0.220 e. The van der Waals surface area contributed by atoms with Gasteiger partial charge in [-0.05, 0) is 37.0 Å². The Morgan fingerprint density at radius 2 is 1.59 bits per heavy atom. The fourth-order valence-electron chi connectivity index (χ4n) is 1.63. The van der Waals surface area contributed by atoms with Crippen molar-refractivity contribution in [2.45, 2.75) is 37.6 Å². The molecule has 0 spiro atoms. The second-order valence-electron chi connectivity index (χ2n) is 4.58. The molecular weight excluding hydrogens is 345 g/mol. The van der Waals surface area contributed by atoms with Crippen molar-refractivity contribution in [1.82, 2.24) is 0 Å². The molecule has 9 heteroatoms. The van der Waals surface area contributed by atoms with E-state index in [2.05, 4.69) is 9.22 Å². The highest BCUT2D eigenvalue weighted by Crippen LogP contribution is 2.24. The summed E-state index contributed by atoms with van der Waals surface area (Å²) < 4.78 is 60.1. The Balaban J connectivity index is 2.06. The van der Waals surface area contributed by atoms with Gasteiger partial charge in [0.1, 0.15) is 0 Å².